The summed E-state index contributed by atoms with van der Waals surface area (Å²) in [5, 5.41) is 2.51. The van der Waals surface area contributed by atoms with Crippen molar-refractivity contribution >= 4 is 27.3 Å². The van der Waals surface area contributed by atoms with E-state index in [2.05, 4.69) is 5.32 Å². The number of carbonyl (C=O) groups is 2. The molecule has 0 aromatic heterocycles. The van der Waals surface area contributed by atoms with Gasteiger partial charge in [0.15, 0.2) is 0 Å². The molecule has 0 aliphatic heterocycles. The molecule has 0 unspecified atom stereocenters. The average Bonchev–Trinajstić information content (AvgIpc) is 2.62. The molecule has 0 aliphatic rings. The highest BCUT2D eigenvalue weighted by molar-refractivity contribution is 7.92. The molecule has 2 amide bonds. The zero-order valence-electron chi connectivity index (χ0n) is 14.2. The fraction of sp³-hybridized carbons (Fsp3) is 0.176. The van der Waals surface area contributed by atoms with Crippen LogP contribution in [0.2, 0.25) is 0 Å². The minimum Gasteiger partial charge on any atom is -0.493 e. The Morgan fingerprint density at radius 2 is 1.57 bits per heavy atom. The minimum atomic E-state index is -5.47. The van der Waals surface area contributed by atoms with E-state index in [0.29, 0.717) is 23.6 Å². The molecule has 0 aliphatic carbocycles. The summed E-state index contributed by atoms with van der Waals surface area (Å²) in [5.74, 6) is -0.697. The first-order valence-electron chi connectivity index (χ1n) is 7.74. The van der Waals surface area contributed by atoms with E-state index < -0.39 is 32.1 Å². The number of nitrogens with two attached hydrogens (primary N) is 1. The highest BCUT2D eigenvalue weighted by Crippen LogP contribution is 2.30. The van der Waals surface area contributed by atoms with Crippen molar-refractivity contribution in [3.05, 3.63) is 54.1 Å². The number of hydrogen-bond acceptors (Lipinski definition) is 5. The molecule has 0 heterocycles. The van der Waals surface area contributed by atoms with Gasteiger partial charge in [-0.2, -0.15) is 13.2 Å². The maximum absolute atomic E-state index is 12.5. The summed E-state index contributed by atoms with van der Waals surface area (Å²) in [6.45, 7) is 0.105. The monoisotopic (exact) mass is 416 g/mol. The second kappa shape index (κ2) is 8.30. The molecular formula is C17H15F3N2O5S. The Morgan fingerprint density at radius 3 is 2.07 bits per heavy atom. The summed E-state index contributed by atoms with van der Waals surface area (Å²) in [5.41, 5.74) is -0.0798. The van der Waals surface area contributed by atoms with Gasteiger partial charge in [-0.15, -0.1) is 0 Å². The van der Waals surface area contributed by atoms with Crippen molar-refractivity contribution in [3.8, 4) is 5.75 Å². The topological polar surface area (TPSA) is 116 Å². The van der Waals surface area contributed by atoms with Gasteiger partial charge >= 0.3 is 5.51 Å². The second-order valence-electron chi connectivity index (χ2n) is 5.52. The molecule has 0 saturated heterocycles. The van der Waals surface area contributed by atoms with E-state index in [9.17, 15) is 31.2 Å². The zero-order chi connectivity index (χ0) is 20.9. The maximum Gasteiger partial charge on any atom is 0.501 e. The van der Waals surface area contributed by atoms with Gasteiger partial charge in [-0.05, 0) is 48.5 Å². The molecule has 3 N–H and O–H groups in total. The lowest BCUT2D eigenvalue weighted by molar-refractivity contribution is -0.118. The van der Waals surface area contributed by atoms with Crippen molar-refractivity contribution in [1.29, 1.82) is 0 Å². The van der Waals surface area contributed by atoms with Crippen LogP contribution in [-0.2, 0) is 14.6 Å². The van der Waals surface area contributed by atoms with E-state index in [-0.39, 0.29) is 18.6 Å². The Balaban J connectivity index is 2.02. The van der Waals surface area contributed by atoms with Gasteiger partial charge in [0.2, 0.25) is 5.91 Å². The quantitative estimate of drug-likeness (QED) is 0.720. The van der Waals surface area contributed by atoms with Gasteiger partial charge in [0, 0.05) is 11.3 Å². The van der Waals surface area contributed by atoms with E-state index in [1.54, 1.807) is 0 Å². The number of alkyl halides is 3. The third kappa shape index (κ3) is 5.22. The van der Waals surface area contributed by atoms with Crippen LogP contribution in [0.5, 0.6) is 5.75 Å². The summed E-state index contributed by atoms with van der Waals surface area (Å²) < 4.78 is 65.4. The average molecular weight is 416 g/mol. The molecule has 150 valence electrons. The largest absolute Gasteiger partial charge is 0.501 e. The highest BCUT2D eigenvalue weighted by Gasteiger charge is 2.46. The number of carbonyl (C=O) groups excluding carboxylic acids is 2. The van der Waals surface area contributed by atoms with Gasteiger partial charge in [0.25, 0.3) is 15.7 Å². The lowest BCUT2D eigenvalue weighted by Gasteiger charge is -2.10. The van der Waals surface area contributed by atoms with Crippen molar-refractivity contribution in [1.82, 2.24) is 0 Å². The van der Waals surface area contributed by atoms with Gasteiger partial charge in [-0.1, -0.05) is 0 Å². The van der Waals surface area contributed by atoms with E-state index in [1.807, 2.05) is 0 Å². The van der Waals surface area contributed by atoms with Crippen LogP contribution in [0, 0.1) is 0 Å². The third-order valence-electron chi connectivity index (χ3n) is 3.46. The van der Waals surface area contributed by atoms with Gasteiger partial charge in [0.1, 0.15) is 5.75 Å². The molecule has 0 atom stereocenters. The summed E-state index contributed by atoms with van der Waals surface area (Å²) >= 11 is 0. The van der Waals surface area contributed by atoms with E-state index in [0.717, 1.165) is 12.1 Å². The Kier molecular flexibility index (Phi) is 6.29. The molecule has 0 fully saturated rings. The molecule has 2 rings (SSSR count). The first-order chi connectivity index (χ1) is 13.0. The van der Waals surface area contributed by atoms with Gasteiger partial charge in [-0.3, -0.25) is 9.59 Å². The molecule has 7 nitrogen and oxygen atoms in total. The summed E-state index contributed by atoms with van der Waals surface area (Å²) in [4.78, 5) is 21.8. The first kappa shape index (κ1) is 21.2. The van der Waals surface area contributed by atoms with Crippen LogP contribution in [-0.4, -0.2) is 32.3 Å². The van der Waals surface area contributed by atoms with E-state index >= 15 is 0 Å². The SMILES string of the molecule is NC(=O)CCOc1ccc(NC(=O)c2ccc(S(=O)(=O)C(F)(F)F)cc2)cc1. The van der Waals surface area contributed by atoms with Crippen LogP contribution in [0.15, 0.2) is 53.4 Å². The normalized spacial score (nSPS) is 11.7. The fourth-order valence-corrected chi connectivity index (χ4v) is 2.79. The van der Waals surface area contributed by atoms with Crippen LogP contribution in [0.3, 0.4) is 0 Å². The minimum absolute atomic E-state index is 0.0251. The number of hydrogen-bond donors (Lipinski definition) is 2. The first-order valence-corrected chi connectivity index (χ1v) is 9.23. The lowest BCUT2D eigenvalue weighted by atomic mass is 10.2. The number of anilines is 1. The molecule has 0 bridgehead atoms. The number of halogens is 3. The summed E-state index contributed by atoms with van der Waals surface area (Å²) in [7, 11) is -5.47. The van der Waals surface area contributed by atoms with Gasteiger partial charge in [0.05, 0.1) is 17.9 Å². The molecule has 0 radical (unpaired) electrons. The molecule has 2 aromatic rings. The number of primary amides is 1. The highest BCUT2D eigenvalue weighted by atomic mass is 32.2. The third-order valence-corrected chi connectivity index (χ3v) is 4.96. The number of rotatable bonds is 7. The molecular weight excluding hydrogens is 401 g/mol. The lowest BCUT2D eigenvalue weighted by Crippen LogP contribution is -2.23. The number of sulfone groups is 1. The Morgan fingerprint density at radius 1 is 1.00 bits per heavy atom. The van der Waals surface area contributed by atoms with Crippen LogP contribution in [0.1, 0.15) is 16.8 Å². The number of ether oxygens (including phenoxy) is 1. The van der Waals surface area contributed by atoms with E-state index in [4.69, 9.17) is 10.5 Å². The fourth-order valence-electron chi connectivity index (χ4n) is 2.03. The molecule has 0 spiro atoms. The van der Waals surface area contributed by atoms with Crippen molar-refractivity contribution in [3.63, 3.8) is 0 Å². The zero-order valence-corrected chi connectivity index (χ0v) is 15.0. The van der Waals surface area contributed by atoms with Crippen molar-refractivity contribution in [2.45, 2.75) is 16.8 Å². The van der Waals surface area contributed by atoms with Crippen molar-refractivity contribution < 1.29 is 35.9 Å². The Labute approximate surface area is 158 Å². The number of nitrogens with one attached hydrogen (secondary N) is 1. The van der Waals surface area contributed by atoms with Gasteiger partial charge < -0.3 is 15.8 Å². The summed E-state index contributed by atoms with van der Waals surface area (Å²) in [6, 6.07) is 9.50. The predicted octanol–water partition coefficient (Wildman–Crippen LogP) is 2.49. The predicted molar refractivity (Wildman–Crippen MR) is 93.4 cm³/mol. The molecule has 28 heavy (non-hydrogen) atoms. The maximum atomic E-state index is 12.5. The van der Waals surface area contributed by atoms with Crippen molar-refractivity contribution in [2.75, 3.05) is 11.9 Å². The Hall–Kier alpha value is -3.08. The Bertz CT molecular complexity index is 956. The van der Waals surface area contributed by atoms with Crippen LogP contribution < -0.4 is 15.8 Å². The van der Waals surface area contributed by atoms with Gasteiger partial charge in [-0.25, -0.2) is 8.42 Å². The number of benzene rings is 2. The summed E-state index contributed by atoms with van der Waals surface area (Å²) in [6.07, 6.45) is 0.0541. The number of amides is 2. The van der Waals surface area contributed by atoms with Crippen LogP contribution in [0.4, 0.5) is 18.9 Å². The standard InChI is InChI=1S/C17H15F3N2O5S/c18-17(19,20)28(25,26)14-7-1-11(2-8-14)16(24)22-12-3-5-13(6-4-12)27-10-9-15(21)23/h1-8H,9-10H2,(H2,21,23)(H,22,24). The van der Waals surface area contributed by atoms with E-state index in [1.165, 1.54) is 24.3 Å². The molecule has 11 heteroatoms. The smallest absolute Gasteiger partial charge is 0.493 e. The molecule has 0 saturated carbocycles. The second-order valence-corrected chi connectivity index (χ2v) is 7.46. The van der Waals surface area contributed by atoms with Crippen LogP contribution >= 0.6 is 0 Å². The van der Waals surface area contributed by atoms with Crippen molar-refractivity contribution in [2.24, 2.45) is 5.73 Å². The molecule has 2 aromatic carbocycles. The van der Waals surface area contributed by atoms with Crippen LogP contribution in [0.25, 0.3) is 0 Å².